The zero-order chi connectivity index (χ0) is 13.7. The van der Waals surface area contributed by atoms with Crippen LogP contribution in [0.5, 0.6) is 0 Å². The van der Waals surface area contributed by atoms with Gasteiger partial charge >= 0.3 is 0 Å². The van der Waals surface area contributed by atoms with Crippen LogP contribution in [0.1, 0.15) is 30.2 Å². The van der Waals surface area contributed by atoms with Gasteiger partial charge in [0, 0.05) is 31.4 Å². The summed E-state index contributed by atoms with van der Waals surface area (Å²) in [6, 6.07) is 6.12. The van der Waals surface area contributed by atoms with Crippen LogP contribution in [0.3, 0.4) is 0 Å². The number of hydrogen-bond acceptors (Lipinski definition) is 4. The van der Waals surface area contributed by atoms with Crippen LogP contribution < -0.4 is 10.6 Å². The molecule has 2 rings (SSSR count). The Bertz CT molecular complexity index is 508. The molecule has 19 heavy (non-hydrogen) atoms. The van der Waals surface area contributed by atoms with Crippen molar-refractivity contribution >= 4 is 5.82 Å². The van der Waals surface area contributed by atoms with Gasteiger partial charge < -0.3 is 15.1 Å². The second-order valence-corrected chi connectivity index (χ2v) is 4.77. The van der Waals surface area contributed by atoms with Crippen molar-refractivity contribution in [2.75, 3.05) is 11.9 Å². The maximum Gasteiger partial charge on any atom is 0.129 e. The predicted octanol–water partition coefficient (Wildman–Crippen LogP) is 2.72. The van der Waals surface area contributed by atoms with Crippen LogP contribution in [0.15, 0.2) is 35.1 Å². The summed E-state index contributed by atoms with van der Waals surface area (Å²) in [5.74, 6) is 0.965. The fourth-order valence-electron chi connectivity index (χ4n) is 2.07. The highest BCUT2D eigenvalue weighted by Gasteiger charge is 2.08. The molecule has 2 heterocycles. The van der Waals surface area contributed by atoms with Gasteiger partial charge in [-0.1, -0.05) is 13.3 Å². The monoisotopic (exact) mass is 259 g/mol. The number of aryl methyl sites for hydroxylation is 1. The van der Waals surface area contributed by atoms with Crippen LogP contribution in [0.2, 0.25) is 0 Å². The van der Waals surface area contributed by atoms with Gasteiger partial charge in [-0.05, 0) is 30.2 Å². The van der Waals surface area contributed by atoms with E-state index in [0.717, 1.165) is 42.0 Å². The highest BCUT2D eigenvalue weighted by molar-refractivity contribution is 5.42. The lowest BCUT2D eigenvalue weighted by molar-refractivity contribution is 0.563. The second kappa shape index (κ2) is 6.38. The van der Waals surface area contributed by atoms with Crippen LogP contribution in [0.4, 0.5) is 5.82 Å². The number of aromatic nitrogens is 1. The highest BCUT2D eigenvalue weighted by atomic mass is 16.3. The van der Waals surface area contributed by atoms with Gasteiger partial charge in [0.1, 0.15) is 5.82 Å². The molecule has 0 bridgehead atoms. The average Bonchev–Trinajstić information content (AvgIpc) is 2.91. The van der Waals surface area contributed by atoms with Crippen molar-refractivity contribution in [2.24, 2.45) is 5.73 Å². The van der Waals surface area contributed by atoms with E-state index in [1.54, 1.807) is 12.5 Å². The molecule has 0 atom stereocenters. The molecule has 2 aromatic rings. The van der Waals surface area contributed by atoms with Crippen molar-refractivity contribution in [1.82, 2.24) is 4.98 Å². The molecule has 0 fully saturated rings. The molecule has 0 aliphatic carbocycles. The lowest BCUT2D eigenvalue weighted by atomic mass is 10.1. The Kier molecular flexibility index (Phi) is 4.58. The van der Waals surface area contributed by atoms with E-state index in [-0.39, 0.29) is 0 Å². The largest absolute Gasteiger partial charge is 0.472 e. The van der Waals surface area contributed by atoms with Crippen molar-refractivity contribution in [2.45, 2.75) is 32.9 Å². The normalized spacial score (nSPS) is 10.7. The van der Waals surface area contributed by atoms with Crippen molar-refractivity contribution in [3.8, 4) is 0 Å². The van der Waals surface area contributed by atoms with Gasteiger partial charge in [-0.25, -0.2) is 4.98 Å². The Morgan fingerprint density at radius 3 is 2.79 bits per heavy atom. The zero-order valence-corrected chi connectivity index (χ0v) is 11.6. The smallest absolute Gasteiger partial charge is 0.129 e. The van der Waals surface area contributed by atoms with Gasteiger partial charge in [0.25, 0.3) is 0 Å². The molecule has 0 spiro atoms. The van der Waals surface area contributed by atoms with Gasteiger partial charge in [-0.3, -0.25) is 0 Å². The van der Waals surface area contributed by atoms with Gasteiger partial charge in [-0.15, -0.1) is 0 Å². The lowest BCUT2D eigenvalue weighted by Gasteiger charge is -2.19. The Labute approximate surface area is 114 Å². The number of nitrogens with two attached hydrogens (primary N) is 1. The van der Waals surface area contributed by atoms with Crippen molar-refractivity contribution in [3.05, 3.63) is 47.5 Å². The molecule has 4 nitrogen and oxygen atoms in total. The number of furan rings is 1. The molecule has 0 amide bonds. The average molecular weight is 259 g/mol. The van der Waals surface area contributed by atoms with Gasteiger partial charge in [-0.2, -0.15) is 0 Å². The summed E-state index contributed by atoms with van der Waals surface area (Å²) < 4.78 is 5.09. The minimum atomic E-state index is 0.547. The van der Waals surface area contributed by atoms with E-state index >= 15 is 0 Å². The Morgan fingerprint density at radius 2 is 2.16 bits per heavy atom. The molecule has 0 aliphatic heterocycles. The van der Waals surface area contributed by atoms with E-state index < -0.39 is 0 Å². The first-order valence-corrected chi connectivity index (χ1v) is 6.65. The predicted molar refractivity (Wildman–Crippen MR) is 76.9 cm³/mol. The summed E-state index contributed by atoms with van der Waals surface area (Å²) in [7, 11) is 2.03. The summed E-state index contributed by atoms with van der Waals surface area (Å²) in [5.41, 5.74) is 9.14. The third-order valence-corrected chi connectivity index (χ3v) is 3.06. The zero-order valence-electron chi connectivity index (χ0n) is 11.6. The van der Waals surface area contributed by atoms with Crippen LogP contribution in [0.25, 0.3) is 0 Å². The molecule has 2 N–H and O–H groups in total. The Morgan fingerprint density at radius 1 is 1.32 bits per heavy atom. The van der Waals surface area contributed by atoms with Gasteiger partial charge in [0.2, 0.25) is 0 Å². The topological polar surface area (TPSA) is 55.3 Å². The van der Waals surface area contributed by atoms with Crippen molar-refractivity contribution in [3.63, 3.8) is 0 Å². The van der Waals surface area contributed by atoms with E-state index in [1.807, 2.05) is 13.1 Å². The first-order valence-electron chi connectivity index (χ1n) is 6.65. The first-order chi connectivity index (χ1) is 9.22. The number of nitrogens with zero attached hydrogens (tertiary/aromatic N) is 2. The molecule has 0 saturated heterocycles. The summed E-state index contributed by atoms with van der Waals surface area (Å²) >= 11 is 0. The van der Waals surface area contributed by atoms with Crippen molar-refractivity contribution < 1.29 is 4.42 Å². The summed E-state index contributed by atoms with van der Waals surface area (Å²) in [5, 5.41) is 0. The molecule has 2 aromatic heterocycles. The van der Waals surface area contributed by atoms with Gasteiger partial charge in [0.15, 0.2) is 0 Å². The molecule has 0 unspecified atom stereocenters. The van der Waals surface area contributed by atoms with E-state index in [1.165, 1.54) is 0 Å². The second-order valence-electron chi connectivity index (χ2n) is 4.77. The maximum atomic E-state index is 5.76. The number of hydrogen-bond donors (Lipinski definition) is 1. The number of anilines is 1. The standard InChI is InChI=1S/C15H21N3O/c1-3-4-14-7-13(9-16)8-15(17-14)18(2)10-12-5-6-19-11-12/h5-8,11H,3-4,9-10,16H2,1-2H3. The maximum absolute atomic E-state index is 5.76. The lowest BCUT2D eigenvalue weighted by Crippen LogP contribution is -2.18. The van der Waals surface area contributed by atoms with E-state index in [2.05, 4.69) is 24.0 Å². The summed E-state index contributed by atoms with van der Waals surface area (Å²) in [4.78, 5) is 6.81. The quantitative estimate of drug-likeness (QED) is 0.866. The molecule has 0 saturated carbocycles. The number of pyridine rings is 1. The number of rotatable bonds is 6. The van der Waals surface area contributed by atoms with Crippen LogP contribution >= 0.6 is 0 Å². The molecule has 0 radical (unpaired) electrons. The first kappa shape index (κ1) is 13.6. The minimum absolute atomic E-state index is 0.547. The summed E-state index contributed by atoms with van der Waals surface area (Å²) in [6.45, 7) is 3.49. The Balaban J connectivity index is 2.19. The van der Waals surface area contributed by atoms with E-state index in [0.29, 0.717) is 6.54 Å². The Hall–Kier alpha value is -1.81. The van der Waals surface area contributed by atoms with Gasteiger partial charge in [0.05, 0.1) is 12.5 Å². The van der Waals surface area contributed by atoms with Crippen LogP contribution in [0, 0.1) is 0 Å². The fourth-order valence-corrected chi connectivity index (χ4v) is 2.07. The molecule has 0 aliphatic rings. The van der Waals surface area contributed by atoms with E-state index in [9.17, 15) is 0 Å². The molecular weight excluding hydrogens is 238 g/mol. The third-order valence-electron chi connectivity index (χ3n) is 3.06. The molecule has 0 aromatic carbocycles. The SMILES string of the molecule is CCCc1cc(CN)cc(N(C)Cc2ccoc2)n1. The van der Waals surface area contributed by atoms with Crippen LogP contribution in [-0.4, -0.2) is 12.0 Å². The van der Waals surface area contributed by atoms with E-state index in [4.69, 9.17) is 15.1 Å². The third kappa shape index (κ3) is 3.58. The van der Waals surface area contributed by atoms with Crippen LogP contribution in [-0.2, 0) is 19.5 Å². The fraction of sp³-hybridized carbons (Fsp3) is 0.400. The summed E-state index contributed by atoms with van der Waals surface area (Å²) in [6.07, 6.45) is 5.53. The molecular formula is C15H21N3O. The highest BCUT2D eigenvalue weighted by Crippen LogP contribution is 2.17. The molecule has 102 valence electrons. The minimum Gasteiger partial charge on any atom is -0.472 e. The molecule has 4 heteroatoms. The van der Waals surface area contributed by atoms with Crippen molar-refractivity contribution in [1.29, 1.82) is 0 Å².